The maximum Gasteiger partial charge on any atom is 0.160 e. The highest BCUT2D eigenvalue weighted by atomic mass is 32.1. The number of hydrogen-bond donors (Lipinski definition) is 0. The highest BCUT2D eigenvalue weighted by Gasteiger charge is 2.40. The predicted molar refractivity (Wildman–Crippen MR) is 240 cm³/mol. The van der Waals surface area contributed by atoms with Crippen molar-refractivity contribution >= 4 is 31.5 Å². The lowest BCUT2D eigenvalue weighted by molar-refractivity contribution is 0.714. The topological polar surface area (TPSA) is 25.8 Å². The van der Waals surface area contributed by atoms with Gasteiger partial charge in [-0.3, -0.25) is 0 Å². The number of fused-ring (bicyclic) bond motifs is 6. The first-order valence-electron chi connectivity index (χ1n) is 19.5. The first kappa shape index (κ1) is 33.4. The molecule has 2 nitrogen and oxygen atoms in total. The van der Waals surface area contributed by atoms with E-state index in [0.717, 1.165) is 39.2 Å². The average Bonchev–Trinajstić information content (AvgIpc) is 3.79. The molecule has 1 aliphatic rings. The van der Waals surface area contributed by atoms with Crippen LogP contribution in [0.2, 0.25) is 0 Å². The number of rotatable bonds is 6. The maximum absolute atomic E-state index is 5.26. The minimum atomic E-state index is -0.263. The van der Waals surface area contributed by atoms with Crippen molar-refractivity contribution < 1.29 is 0 Å². The van der Waals surface area contributed by atoms with E-state index in [2.05, 4.69) is 201 Å². The van der Waals surface area contributed by atoms with Gasteiger partial charge < -0.3 is 0 Å². The Labute approximate surface area is 336 Å². The zero-order chi connectivity index (χ0) is 37.9. The molecule has 11 rings (SSSR count). The fraction of sp³-hybridized carbons (Fsp3) is 0.0370. The highest BCUT2D eigenvalue weighted by Crippen LogP contribution is 2.53. The van der Waals surface area contributed by atoms with Gasteiger partial charge in [0.25, 0.3) is 0 Å². The Morgan fingerprint density at radius 3 is 1.84 bits per heavy atom. The lowest BCUT2D eigenvalue weighted by Gasteiger charge is -2.28. The molecule has 0 radical (unpaired) electrons. The van der Waals surface area contributed by atoms with E-state index in [1.54, 1.807) is 0 Å². The van der Waals surface area contributed by atoms with E-state index in [1.165, 1.54) is 59.1 Å². The van der Waals surface area contributed by atoms with Crippen LogP contribution in [0.4, 0.5) is 0 Å². The van der Waals surface area contributed by atoms with E-state index >= 15 is 0 Å². The number of benzene rings is 8. The van der Waals surface area contributed by atoms with Crippen molar-refractivity contribution in [2.75, 3.05) is 0 Å². The predicted octanol–water partition coefficient (Wildman–Crippen LogP) is 14.5. The fourth-order valence-corrected chi connectivity index (χ4v) is 10.00. The quantitative estimate of drug-likeness (QED) is 0.169. The van der Waals surface area contributed by atoms with Crippen molar-refractivity contribution in [2.24, 2.45) is 0 Å². The summed E-state index contributed by atoms with van der Waals surface area (Å²) in [7, 11) is 0. The summed E-state index contributed by atoms with van der Waals surface area (Å²) in [6, 6.07) is 72.3. The molecular formula is C54H36N2S. The van der Waals surface area contributed by atoms with Crippen molar-refractivity contribution in [1.82, 2.24) is 9.97 Å². The van der Waals surface area contributed by atoms with E-state index in [0.29, 0.717) is 5.82 Å². The third-order valence-corrected chi connectivity index (χ3v) is 13.0. The Morgan fingerprint density at radius 2 is 0.982 bits per heavy atom. The molecule has 10 aromatic rings. The summed E-state index contributed by atoms with van der Waals surface area (Å²) in [4.78, 5) is 10.5. The standard InChI is InChI=1S/C54H36N2S/c1-54(40-19-6-3-7-20-40)47-25-12-10-22-42(47)43-29-27-37(33-48(43)54)36-17-14-18-39(31-36)49-34-50(56-53(55-49)35-15-4-2-5-16-35)44-23-9-8-21-41(44)38-28-30-52-46(32-38)45-24-11-13-26-51(45)57-52/h2-34H,1H3. The van der Waals surface area contributed by atoms with Gasteiger partial charge in [-0.15, -0.1) is 11.3 Å². The van der Waals surface area contributed by atoms with Crippen molar-refractivity contribution in [3.8, 4) is 67.3 Å². The van der Waals surface area contributed by atoms with Crippen molar-refractivity contribution in [3.05, 3.63) is 217 Å². The van der Waals surface area contributed by atoms with E-state index in [1.807, 2.05) is 17.4 Å². The molecule has 0 N–H and O–H groups in total. The summed E-state index contributed by atoms with van der Waals surface area (Å²) in [5.74, 6) is 0.705. The minimum Gasteiger partial charge on any atom is -0.228 e. The van der Waals surface area contributed by atoms with Gasteiger partial charge in [0.2, 0.25) is 0 Å². The number of aromatic nitrogens is 2. The fourth-order valence-electron chi connectivity index (χ4n) is 8.91. The van der Waals surface area contributed by atoms with Gasteiger partial charge in [0, 0.05) is 42.3 Å². The first-order valence-corrected chi connectivity index (χ1v) is 20.3. The van der Waals surface area contributed by atoms with Crippen LogP contribution in [0.1, 0.15) is 23.6 Å². The van der Waals surface area contributed by atoms with Gasteiger partial charge in [0.05, 0.1) is 11.4 Å². The molecule has 1 unspecified atom stereocenters. The molecule has 268 valence electrons. The monoisotopic (exact) mass is 744 g/mol. The minimum absolute atomic E-state index is 0.263. The summed E-state index contributed by atoms with van der Waals surface area (Å²) >= 11 is 1.85. The molecule has 0 saturated carbocycles. The van der Waals surface area contributed by atoms with Crippen molar-refractivity contribution in [3.63, 3.8) is 0 Å². The lowest BCUT2D eigenvalue weighted by atomic mass is 9.74. The largest absolute Gasteiger partial charge is 0.228 e. The van der Waals surface area contributed by atoms with Crippen LogP contribution in [0.15, 0.2) is 200 Å². The Morgan fingerprint density at radius 1 is 0.368 bits per heavy atom. The second kappa shape index (κ2) is 13.4. The van der Waals surface area contributed by atoms with Crippen LogP contribution < -0.4 is 0 Å². The van der Waals surface area contributed by atoms with Crippen LogP contribution in [0.5, 0.6) is 0 Å². The molecule has 0 spiro atoms. The average molecular weight is 745 g/mol. The van der Waals surface area contributed by atoms with E-state index < -0.39 is 0 Å². The first-order chi connectivity index (χ1) is 28.1. The van der Waals surface area contributed by atoms with E-state index in [4.69, 9.17) is 9.97 Å². The Balaban J connectivity index is 1.04. The highest BCUT2D eigenvalue weighted by molar-refractivity contribution is 7.25. The number of nitrogens with zero attached hydrogens (tertiary/aromatic N) is 2. The summed E-state index contributed by atoms with van der Waals surface area (Å²) in [6.07, 6.45) is 0. The molecule has 2 aromatic heterocycles. The van der Waals surface area contributed by atoms with Gasteiger partial charge in [-0.1, -0.05) is 164 Å². The summed E-state index contributed by atoms with van der Waals surface area (Å²) < 4.78 is 2.61. The van der Waals surface area contributed by atoms with Crippen LogP contribution in [0.3, 0.4) is 0 Å². The van der Waals surface area contributed by atoms with Crippen molar-refractivity contribution in [1.29, 1.82) is 0 Å². The van der Waals surface area contributed by atoms with E-state index in [9.17, 15) is 0 Å². The number of hydrogen-bond acceptors (Lipinski definition) is 3. The normalized spacial score (nSPS) is 14.5. The molecule has 1 aliphatic carbocycles. The SMILES string of the molecule is CC1(c2ccccc2)c2ccccc2-c2ccc(-c3cccc(-c4cc(-c5ccccc5-c5ccc6sc7ccccc7c6c5)nc(-c5ccccc5)n4)c3)cc21. The van der Waals surface area contributed by atoms with Crippen LogP contribution in [0, 0.1) is 0 Å². The van der Waals surface area contributed by atoms with Crippen LogP contribution >= 0.6 is 11.3 Å². The molecule has 8 aromatic carbocycles. The molecular weight excluding hydrogens is 709 g/mol. The zero-order valence-electron chi connectivity index (χ0n) is 31.4. The molecule has 3 heteroatoms. The third-order valence-electron chi connectivity index (χ3n) is 11.8. The smallest absolute Gasteiger partial charge is 0.160 e. The molecule has 0 amide bonds. The molecule has 57 heavy (non-hydrogen) atoms. The molecule has 1 atom stereocenters. The summed E-state index contributed by atoms with van der Waals surface area (Å²) in [5.41, 5.74) is 15.9. The third kappa shape index (κ3) is 5.54. The van der Waals surface area contributed by atoms with Crippen LogP contribution in [0.25, 0.3) is 87.5 Å². The van der Waals surface area contributed by atoms with Gasteiger partial charge in [-0.05, 0) is 93.4 Å². The summed E-state index contributed by atoms with van der Waals surface area (Å²) in [5, 5.41) is 2.58. The maximum atomic E-state index is 5.26. The van der Waals surface area contributed by atoms with Gasteiger partial charge in [-0.2, -0.15) is 0 Å². The van der Waals surface area contributed by atoms with Gasteiger partial charge in [0.15, 0.2) is 5.82 Å². The van der Waals surface area contributed by atoms with Gasteiger partial charge in [-0.25, -0.2) is 9.97 Å². The van der Waals surface area contributed by atoms with Gasteiger partial charge >= 0.3 is 0 Å². The Hall–Kier alpha value is -6.94. The summed E-state index contributed by atoms with van der Waals surface area (Å²) in [6.45, 7) is 2.37. The molecule has 0 bridgehead atoms. The van der Waals surface area contributed by atoms with Crippen LogP contribution in [-0.4, -0.2) is 9.97 Å². The number of thiophene rings is 1. The molecule has 0 fully saturated rings. The Bertz CT molecular complexity index is 3140. The second-order valence-electron chi connectivity index (χ2n) is 15.1. The lowest BCUT2D eigenvalue weighted by Crippen LogP contribution is -2.22. The van der Waals surface area contributed by atoms with Crippen LogP contribution in [-0.2, 0) is 5.41 Å². The molecule has 2 heterocycles. The van der Waals surface area contributed by atoms with E-state index in [-0.39, 0.29) is 5.41 Å². The van der Waals surface area contributed by atoms with Crippen molar-refractivity contribution in [2.45, 2.75) is 12.3 Å². The molecule has 0 saturated heterocycles. The second-order valence-corrected chi connectivity index (χ2v) is 16.1. The van der Waals surface area contributed by atoms with Gasteiger partial charge in [0.1, 0.15) is 0 Å². The molecule has 0 aliphatic heterocycles. The zero-order valence-corrected chi connectivity index (χ0v) is 32.2. The Kier molecular flexibility index (Phi) is 7.84.